The van der Waals surface area contributed by atoms with Crippen LogP contribution in [0.2, 0.25) is 0 Å². The summed E-state index contributed by atoms with van der Waals surface area (Å²) >= 11 is 0. The fourth-order valence-corrected chi connectivity index (χ4v) is 4.44. The van der Waals surface area contributed by atoms with Crippen molar-refractivity contribution >= 4 is 11.8 Å². The number of rotatable bonds is 3. The zero-order valence-corrected chi connectivity index (χ0v) is 18.4. The average Bonchev–Trinajstić information content (AvgIpc) is 3.16. The molecule has 0 radical (unpaired) electrons. The Morgan fingerprint density at radius 3 is 2.10 bits per heavy atom. The van der Waals surface area contributed by atoms with Gasteiger partial charge in [0.05, 0.1) is 0 Å². The van der Waals surface area contributed by atoms with E-state index in [1.165, 1.54) is 11.1 Å². The Balaban J connectivity index is 1.49. The van der Waals surface area contributed by atoms with Crippen LogP contribution in [0.15, 0.2) is 36.4 Å². The molecule has 0 unspecified atom stereocenters. The van der Waals surface area contributed by atoms with E-state index in [2.05, 4.69) is 32.7 Å². The van der Waals surface area contributed by atoms with Crippen LogP contribution < -0.4 is 0 Å². The number of carbonyl (C=O) groups excluding carboxylic acids is 2. The van der Waals surface area contributed by atoms with Crippen LogP contribution in [0.4, 0.5) is 0 Å². The van der Waals surface area contributed by atoms with E-state index >= 15 is 0 Å². The fraction of sp³-hybridized carbons (Fsp3) is 0.440. The minimum absolute atomic E-state index is 0.0556. The van der Waals surface area contributed by atoms with Crippen molar-refractivity contribution in [1.82, 2.24) is 14.7 Å². The lowest BCUT2D eigenvalue weighted by Crippen LogP contribution is -2.47. The number of carbonyl (C=O) groups is 2. The van der Waals surface area contributed by atoms with Gasteiger partial charge in [-0.3, -0.25) is 9.59 Å². The normalized spacial score (nSPS) is 16.8. The van der Waals surface area contributed by atoms with E-state index in [9.17, 15) is 9.59 Å². The Kier molecular flexibility index (Phi) is 5.65. The van der Waals surface area contributed by atoms with Gasteiger partial charge in [0.15, 0.2) is 0 Å². The number of likely N-dealkylation sites (N-methyl/N-ethyl adjacent to an activating group) is 1. The van der Waals surface area contributed by atoms with Crippen LogP contribution in [0.1, 0.15) is 62.7 Å². The maximum absolute atomic E-state index is 13.1. The van der Waals surface area contributed by atoms with Gasteiger partial charge in [0, 0.05) is 50.4 Å². The summed E-state index contributed by atoms with van der Waals surface area (Å²) in [5, 5.41) is 0. The molecule has 0 aliphatic carbocycles. The van der Waals surface area contributed by atoms with E-state index < -0.39 is 0 Å². The number of hydrogen-bond donors (Lipinski definition) is 0. The summed E-state index contributed by atoms with van der Waals surface area (Å²) in [6, 6.07) is 11.9. The highest BCUT2D eigenvalue weighted by atomic mass is 16.2. The number of amides is 2. The molecule has 0 spiro atoms. The van der Waals surface area contributed by atoms with E-state index in [0.29, 0.717) is 19.0 Å². The maximum Gasteiger partial charge on any atom is 0.254 e. The molecule has 2 amide bonds. The highest BCUT2D eigenvalue weighted by molar-refractivity contribution is 5.96. The van der Waals surface area contributed by atoms with E-state index in [4.69, 9.17) is 0 Å². The Hall–Kier alpha value is -2.66. The summed E-state index contributed by atoms with van der Waals surface area (Å²) < 4.78 is 0. The molecule has 2 aromatic rings. The monoisotopic (exact) mass is 405 g/mol. The quantitative estimate of drug-likeness (QED) is 0.783. The zero-order chi connectivity index (χ0) is 21.4. The molecule has 2 heterocycles. The Morgan fingerprint density at radius 1 is 0.800 bits per heavy atom. The molecule has 0 bridgehead atoms. The Morgan fingerprint density at radius 2 is 1.40 bits per heavy atom. The molecule has 5 heteroatoms. The van der Waals surface area contributed by atoms with Crippen molar-refractivity contribution in [3.63, 3.8) is 0 Å². The number of benzene rings is 2. The van der Waals surface area contributed by atoms with E-state index in [1.807, 2.05) is 46.2 Å². The summed E-state index contributed by atoms with van der Waals surface area (Å²) in [6.45, 7) is 10.9. The molecule has 2 aliphatic heterocycles. The molecule has 0 atom stereocenters. The topological polar surface area (TPSA) is 43.9 Å². The standard InChI is InChI=1S/C25H31N3O2/c1-17(2)23-14-20(6-5-18(23)3)25(30)28-15-21-8-7-19(13-22(21)16-28)24(29)27-11-9-26(4)10-12-27/h5-8,13-14,17H,9-12,15-16H2,1-4H3. The highest BCUT2D eigenvalue weighted by Crippen LogP contribution is 2.27. The van der Waals surface area contributed by atoms with Crippen LogP contribution in [0, 0.1) is 6.92 Å². The van der Waals surface area contributed by atoms with Gasteiger partial charge in [0.1, 0.15) is 0 Å². The first kappa shape index (κ1) is 20.6. The van der Waals surface area contributed by atoms with Gasteiger partial charge in [-0.2, -0.15) is 0 Å². The maximum atomic E-state index is 13.1. The van der Waals surface area contributed by atoms with Crippen LogP contribution >= 0.6 is 0 Å². The van der Waals surface area contributed by atoms with E-state index in [0.717, 1.165) is 48.4 Å². The van der Waals surface area contributed by atoms with Gasteiger partial charge in [-0.05, 0) is 66.4 Å². The van der Waals surface area contributed by atoms with Crippen LogP contribution in [0.3, 0.4) is 0 Å². The second-order valence-electron chi connectivity index (χ2n) is 8.97. The van der Waals surface area contributed by atoms with Gasteiger partial charge in [0.25, 0.3) is 11.8 Å². The van der Waals surface area contributed by atoms with Crippen molar-refractivity contribution in [3.05, 3.63) is 69.8 Å². The van der Waals surface area contributed by atoms with Crippen molar-refractivity contribution in [3.8, 4) is 0 Å². The fourth-order valence-electron chi connectivity index (χ4n) is 4.44. The molecule has 0 aromatic heterocycles. The second-order valence-corrected chi connectivity index (χ2v) is 8.97. The molecule has 30 heavy (non-hydrogen) atoms. The number of fused-ring (bicyclic) bond motifs is 1. The predicted molar refractivity (Wildman–Crippen MR) is 119 cm³/mol. The molecule has 1 fully saturated rings. The third-order valence-electron chi connectivity index (χ3n) is 6.40. The third-order valence-corrected chi connectivity index (χ3v) is 6.40. The summed E-state index contributed by atoms with van der Waals surface area (Å²) in [5.41, 5.74) is 6.13. The molecule has 0 N–H and O–H groups in total. The van der Waals surface area contributed by atoms with Crippen LogP contribution in [0.25, 0.3) is 0 Å². The van der Waals surface area contributed by atoms with Gasteiger partial charge in [-0.1, -0.05) is 26.0 Å². The van der Waals surface area contributed by atoms with Crippen LogP contribution in [-0.4, -0.2) is 59.7 Å². The van der Waals surface area contributed by atoms with Crippen LogP contribution in [-0.2, 0) is 13.1 Å². The number of nitrogens with zero attached hydrogens (tertiary/aromatic N) is 3. The van der Waals surface area contributed by atoms with Crippen molar-refractivity contribution in [2.45, 2.75) is 39.8 Å². The highest BCUT2D eigenvalue weighted by Gasteiger charge is 2.27. The van der Waals surface area contributed by atoms with Crippen LogP contribution in [0.5, 0.6) is 0 Å². The first-order chi connectivity index (χ1) is 14.3. The number of hydrogen-bond acceptors (Lipinski definition) is 3. The number of aryl methyl sites for hydroxylation is 1. The molecule has 4 rings (SSSR count). The molecule has 2 aliphatic rings. The predicted octanol–water partition coefficient (Wildman–Crippen LogP) is 3.66. The summed E-state index contributed by atoms with van der Waals surface area (Å²) in [7, 11) is 2.08. The largest absolute Gasteiger partial charge is 0.336 e. The molecule has 0 saturated carbocycles. The third kappa shape index (κ3) is 3.99. The number of piperazine rings is 1. The molecule has 158 valence electrons. The Bertz CT molecular complexity index is 974. The van der Waals surface area contributed by atoms with E-state index in [-0.39, 0.29) is 11.8 Å². The second kappa shape index (κ2) is 8.23. The molecule has 5 nitrogen and oxygen atoms in total. The molecule has 2 aromatic carbocycles. The smallest absolute Gasteiger partial charge is 0.254 e. The lowest BCUT2D eigenvalue weighted by atomic mass is 9.95. The Labute approximate surface area is 179 Å². The molecular formula is C25H31N3O2. The minimum atomic E-state index is 0.0556. The van der Waals surface area contributed by atoms with Gasteiger partial charge in [-0.15, -0.1) is 0 Å². The first-order valence-corrected chi connectivity index (χ1v) is 10.8. The lowest BCUT2D eigenvalue weighted by Gasteiger charge is -2.32. The van der Waals surface area contributed by atoms with Gasteiger partial charge in [0.2, 0.25) is 0 Å². The van der Waals surface area contributed by atoms with Crippen molar-refractivity contribution in [2.24, 2.45) is 0 Å². The summed E-state index contributed by atoms with van der Waals surface area (Å²) in [6.07, 6.45) is 0. The molecular weight excluding hydrogens is 374 g/mol. The zero-order valence-electron chi connectivity index (χ0n) is 18.4. The van der Waals surface area contributed by atoms with Crippen molar-refractivity contribution < 1.29 is 9.59 Å². The minimum Gasteiger partial charge on any atom is -0.336 e. The van der Waals surface area contributed by atoms with Gasteiger partial charge in [-0.25, -0.2) is 0 Å². The van der Waals surface area contributed by atoms with Gasteiger partial charge >= 0.3 is 0 Å². The van der Waals surface area contributed by atoms with E-state index in [1.54, 1.807) is 0 Å². The first-order valence-electron chi connectivity index (χ1n) is 10.8. The lowest BCUT2D eigenvalue weighted by molar-refractivity contribution is 0.0664. The van der Waals surface area contributed by atoms with Crippen molar-refractivity contribution in [1.29, 1.82) is 0 Å². The SMILES string of the molecule is Cc1ccc(C(=O)N2Cc3ccc(C(=O)N4CCN(C)CC4)cc3C2)cc1C(C)C. The molecule has 1 saturated heterocycles. The average molecular weight is 406 g/mol. The van der Waals surface area contributed by atoms with Gasteiger partial charge < -0.3 is 14.7 Å². The summed E-state index contributed by atoms with van der Waals surface area (Å²) in [4.78, 5) is 32.1. The summed E-state index contributed by atoms with van der Waals surface area (Å²) in [5.74, 6) is 0.535. The van der Waals surface area contributed by atoms with Crippen molar-refractivity contribution in [2.75, 3.05) is 33.2 Å².